The van der Waals surface area contributed by atoms with Crippen LogP contribution >= 0.6 is 0 Å². The van der Waals surface area contributed by atoms with Gasteiger partial charge in [-0.1, -0.05) is 30.3 Å². The second-order valence-electron chi connectivity index (χ2n) is 5.91. The maximum atomic E-state index is 11.6. The van der Waals surface area contributed by atoms with Crippen molar-refractivity contribution in [1.29, 1.82) is 0 Å². The van der Waals surface area contributed by atoms with Gasteiger partial charge in [0.2, 0.25) is 0 Å². The molecule has 1 aromatic rings. The van der Waals surface area contributed by atoms with Gasteiger partial charge in [-0.15, -0.1) is 0 Å². The lowest BCUT2D eigenvalue weighted by atomic mass is 9.83. The lowest BCUT2D eigenvalue weighted by Gasteiger charge is -2.49. The van der Waals surface area contributed by atoms with Gasteiger partial charge in [-0.05, 0) is 5.56 Å². The van der Waals surface area contributed by atoms with Crippen molar-refractivity contribution >= 4 is 18.1 Å². The number of hydrogen-bond acceptors (Lipinski definition) is 9. The molecule has 0 amide bonds. The van der Waals surface area contributed by atoms with E-state index >= 15 is 0 Å². The lowest BCUT2D eigenvalue weighted by Crippen LogP contribution is -2.72. The average molecular weight is 350 g/mol. The van der Waals surface area contributed by atoms with Crippen LogP contribution in [0, 0.1) is 0 Å². The molecule has 4 rings (SSSR count). The number of benzene rings is 1. The Morgan fingerprint density at radius 3 is 2.20 bits per heavy atom. The Labute approximate surface area is 141 Å². The van der Waals surface area contributed by atoms with Gasteiger partial charge in [-0.25, -0.2) is 14.4 Å². The summed E-state index contributed by atoms with van der Waals surface area (Å²) in [4.78, 5) is 34.7. The summed E-state index contributed by atoms with van der Waals surface area (Å²) in [5.74, 6) is -2.38. The zero-order valence-electron chi connectivity index (χ0n) is 12.8. The van der Waals surface area contributed by atoms with E-state index in [1.807, 2.05) is 30.3 Å². The fourth-order valence-electron chi connectivity index (χ4n) is 3.23. The van der Waals surface area contributed by atoms with E-state index in [-0.39, 0.29) is 6.61 Å². The van der Waals surface area contributed by atoms with Gasteiger partial charge in [0.1, 0.15) is 12.2 Å². The summed E-state index contributed by atoms with van der Waals surface area (Å²) >= 11 is 0. The van der Waals surface area contributed by atoms with E-state index in [1.165, 1.54) is 0 Å². The summed E-state index contributed by atoms with van der Waals surface area (Å²) in [6, 6.07) is 9.14. The number of esters is 2. The molecule has 2 saturated heterocycles. The Morgan fingerprint density at radius 2 is 1.48 bits per heavy atom. The van der Waals surface area contributed by atoms with Crippen molar-refractivity contribution < 1.29 is 43.2 Å². The van der Waals surface area contributed by atoms with Crippen LogP contribution in [0.3, 0.4) is 0 Å². The molecular weight excluding hydrogens is 336 g/mol. The molecule has 9 nitrogen and oxygen atoms in total. The first-order valence-electron chi connectivity index (χ1n) is 7.67. The molecule has 25 heavy (non-hydrogen) atoms. The third-order valence-electron chi connectivity index (χ3n) is 4.37. The van der Waals surface area contributed by atoms with E-state index in [9.17, 15) is 19.5 Å². The van der Waals surface area contributed by atoms with Crippen LogP contribution in [0.2, 0.25) is 0 Å². The maximum absolute atomic E-state index is 11.6. The summed E-state index contributed by atoms with van der Waals surface area (Å²) in [6.45, 7) is 0.118. The van der Waals surface area contributed by atoms with Crippen LogP contribution in [-0.4, -0.2) is 59.8 Å². The number of hydrogen-bond donors (Lipinski definition) is 1. The number of aliphatic hydroxyl groups excluding tert-OH is 1. The van der Waals surface area contributed by atoms with Crippen molar-refractivity contribution in [2.24, 2.45) is 0 Å². The second kappa shape index (κ2) is 6.01. The molecule has 6 unspecified atom stereocenters. The molecule has 9 heteroatoms. The Kier molecular flexibility index (Phi) is 3.81. The van der Waals surface area contributed by atoms with E-state index in [0.717, 1.165) is 5.56 Å². The molecule has 132 valence electrons. The third-order valence-corrected chi connectivity index (χ3v) is 4.37. The van der Waals surface area contributed by atoms with Gasteiger partial charge in [-0.3, -0.25) is 0 Å². The van der Waals surface area contributed by atoms with Crippen molar-refractivity contribution in [3.63, 3.8) is 0 Å². The SMILES string of the molecule is O=C1OC2C(O)C(O1)C1OC(=O)C(=O)OC1C2OCc1ccccc1. The molecule has 2 heterocycles. The standard InChI is InChI=1S/C16H14O9/c17-8-9-11(21-6-7-4-2-1-3-5-7)13-12(10(8)25-16(20)24-9)22-14(18)15(19)23-13/h1-5,8-13,17H,6H2. The van der Waals surface area contributed by atoms with Crippen molar-refractivity contribution in [2.45, 2.75) is 43.2 Å². The largest absolute Gasteiger partial charge is 0.509 e. The van der Waals surface area contributed by atoms with Crippen LogP contribution in [0.5, 0.6) is 0 Å². The second-order valence-corrected chi connectivity index (χ2v) is 5.91. The van der Waals surface area contributed by atoms with Crippen LogP contribution in [0.25, 0.3) is 0 Å². The van der Waals surface area contributed by atoms with Crippen molar-refractivity contribution in [3.05, 3.63) is 35.9 Å². The number of rotatable bonds is 3. The molecule has 3 aliphatic rings. The Balaban J connectivity index is 1.61. The summed E-state index contributed by atoms with van der Waals surface area (Å²) in [6.07, 6.45) is -7.83. The van der Waals surface area contributed by atoms with Gasteiger partial charge in [-0.2, -0.15) is 0 Å². The normalized spacial score (nSPS) is 36.4. The van der Waals surface area contributed by atoms with Crippen molar-refractivity contribution in [3.8, 4) is 0 Å². The first-order chi connectivity index (χ1) is 12.0. The molecule has 1 saturated carbocycles. The highest BCUT2D eigenvalue weighted by atomic mass is 16.8. The molecule has 1 N–H and O–H groups in total. The Bertz CT molecular complexity index is 703. The van der Waals surface area contributed by atoms with Crippen molar-refractivity contribution in [1.82, 2.24) is 0 Å². The van der Waals surface area contributed by atoms with Gasteiger partial charge in [0.05, 0.1) is 6.61 Å². The maximum Gasteiger partial charge on any atom is 0.509 e. The predicted molar refractivity (Wildman–Crippen MR) is 75.9 cm³/mol. The number of ether oxygens (including phenoxy) is 5. The number of aliphatic hydroxyl groups is 1. The van der Waals surface area contributed by atoms with E-state index in [2.05, 4.69) is 0 Å². The quantitative estimate of drug-likeness (QED) is 0.445. The Hall–Kier alpha value is -2.65. The molecule has 2 bridgehead atoms. The van der Waals surface area contributed by atoms with Crippen LogP contribution in [0.15, 0.2) is 30.3 Å². The van der Waals surface area contributed by atoms with E-state index in [4.69, 9.17) is 23.7 Å². The lowest BCUT2D eigenvalue weighted by molar-refractivity contribution is -0.287. The van der Waals surface area contributed by atoms with Gasteiger partial charge in [0, 0.05) is 0 Å². The van der Waals surface area contributed by atoms with Gasteiger partial charge < -0.3 is 28.8 Å². The number of carbonyl (C=O) groups is 3. The highest BCUT2D eigenvalue weighted by molar-refractivity contribution is 6.30. The molecule has 1 aliphatic carbocycles. The van der Waals surface area contributed by atoms with E-state index < -0.39 is 54.7 Å². The van der Waals surface area contributed by atoms with E-state index in [0.29, 0.717) is 0 Å². The molecule has 0 spiro atoms. The van der Waals surface area contributed by atoms with Crippen molar-refractivity contribution in [2.75, 3.05) is 0 Å². The minimum atomic E-state index is -1.29. The third kappa shape index (κ3) is 2.71. The number of fused-ring (bicyclic) bond motifs is 4. The smallest absolute Gasteiger partial charge is 0.447 e. The topological polar surface area (TPSA) is 118 Å². The van der Waals surface area contributed by atoms with Crippen LogP contribution in [0.4, 0.5) is 4.79 Å². The minimum Gasteiger partial charge on any atom is -0.447 e. The first kappa shape index (κ1) is 15.9. The summed E-state index contributed by atoms with van der Waals surface area (Å²) < 4.78 is 25.8. The molecular formula is C16H14O9. The van der Waals surface area contributed by atoms with Gasteiger partial charge in [0.15, 0.2) is 24.4 Å². The fourth-order valence-corrected chi connectivity index (χ4v) is 3.23. The predicted octanol–water partition coefficient (Wildman–Crippen LogP) is -0.312. The van der Waals surface area contributed by atoms with Gasteiger partial charge in [0.25, 0.3) is 0 Å². The number of carbonyl (C=O) groups excluding carboxylic acids is 3. The average Bonchev–Trinajstić information content (AvgIpc) is 2.60. The summed E-state index contributed by atoms with van der Waals surface area (Å²) in [7, 11) is 0. The molecule has 3 fully saturated rings. The molecule has 2 aliphatic heterocycles. The van der Waals surface area contributed by atoms with Crippen LogP contribution in [0.1, 0.15) is 5.56 Å². The monoisotopic (exact) mass is 350 g/mol. The summed E-state index contributed by atoms with van der Waals surface area (Å²) in [5.41, 5.74) is 0.827. The van der Waals surface area contributed by atoms with Crippen LogP contribution in [-0.2, 0) is 39.9 Å². The highest BCUT2D eigenvalue weighted by Crippen LogP contribution is 2.37. The molecule has 6 atom stereocenters. The fraction of sp³-hybridized carbons (Fsp3) is 0.438. The van der Waals surface area contributed by atoms with Crippen LogP contribution < -0.4 is 0 Å². The zero-order chi connectivity index (χ0) is 17.6. The zero-order valence-corrected chi connectivity index (χ0v) is 12.8. The highest BCUT2D eigenvalue weighted by Gasteiger charge is 2.62. The molecule has 0 aromatic heterocycles. The first-order valence-corrected chi connectivity index (χ1v) is 7.67. The molecule has 0 radical (unpaired) electrons. The Morgan fingerprint density at radius 1 is 0.840 bits per heavy atom. The van der Waals surface area contributed by atoms with Gasteiger partial charge >= 0.3 is 18.1 Å². The summed E-state index contributed by atoms with van der Waals surface area (Å²) in [5, 5.41) is 10.4. The minimum absolute atomic E-state index is 0.118. The van der Waals surface area contributed by atoms with E-state index in [1.54, 1.807) is 0 Å². The molecule has 1 aromatic carbocycles.